The summed E-state index contributed by atoms with van der Waals surface area (Å²) in [6, 6.07) is 11.1. The molecule has 1 aromatic carbocycles. The number of carbonyl (C=O) groups is 1. The van der Waals surface area contributed by atoms with Crippen LogP contribution in [-0.4, -0.2) is 10.9 Å². The number of nitrogens with two attached hydrogens (primary N) is 1. The zero-order chi connectivity index (χ0) is 13.9. The van der Waals surface area contributed by atoms with E-state index >= 15 is 0 Å². The number of rotatable bonds is 3. The summed E-state index contributed by atoms with van der Waals surface area (Å²) in [5.74, 6) is -0.131. The third kappa shape index (κ3) is 2.71. The highest BCUT2D eigenvalue weighted by Gasteiger charge is 2.10. The maximum absolute atomic E-state index is 11.9. The molecular weight excluding hydrogens is 290 g/mol. The van der Waals surface area contributed by atoms with E-state index in [1.165, 1.54) is 22.7 Å². The van der Waals surface area contributed by atoms with Crippen molar-refractivity contribution in [1.29, 1.82) is 0 Å². The Morgan fingerprint density at radius 3 is 2.85 bits per heavy atom. The summed E-state index contributed by atoms with van der Waals surface area (Å²) in [7, 11) is 0. The van der Waals surface area contributed by atoms with E-state index in [2.05, 4.69) is 10.3 Å². The van der Waals surface area contributed by atoms with Gasteiger partial charge >= 0.3 is 0 Å². The molecule has 0 radical (unpaired) electrons. The number of amides is 1. The average Bonchev–Trinajstić information content (AvgIpc) is 3.10. The van der Waals surface area contributed by atoms with E-state index in [9.17, 15) is 4.79 Å². The Balaban J connectivity index is 1.79. The number of hydrogen-bond donors (Lipinski definition) is 2. The topological polar surface area (TPSA) is 68.0 Å². The largest absolute Gasteiger partial charge is 0.399 e. The van der Waals surface area contributed by atoms with Gasteiger partial charge in [0.05, 0.1) is 10.6 Å². The highest BCUT2D eigenvalue weighted by molar-refractivity contribution is 7.14. The molecule has 0 spiro atoms. The first-order chi connectivity index (χ1) is 9.72. The molecule has 3 rings (SSSR count). The number of aromatic nitrogens is 1. The molecule has 0 fully saturated rings. The summed E-state index contributed by atoms with van der Waals surface area (Å²) in [6.07, 6.45) is 0. The molecule has 0 saturated carbocycles. The third-order valence-electron chi connectivity index (χ3n) is 2.65. The normalized spacial score (nSPS) is 10.4. The summed E-state index contributed by atoms with van der Waals surface area (Å²) in [5, 5.41) is 7.15. The fourth-order valence-electron chi connectivity index (χ4n) is 1.73. The van der Waals surface area contributed by atoms with Crippen molar-refractivity contribution in [2.45, 2.75) is 0 Å². The number of nitrogens with one attached hydrogen (secondary N) is 1. The molecule has 3 aromatic rings. The zero-order valence-electron chi connectivity index (χ0n) is 10.4. The van der Waals surface area contributed by atoms with Gasteiger partial charge < -0.3 is 5.73 Å². The van der Waals surface area contributed by atoms with Gasteiger partial charge in [-0.05, 0) is 23.6 Å². The van der Waals surface area contributed by atoms with Gasteiger partial charge in [0.25, 0.3) is 5.91 Å². The Morgan fingerprint density at radius 1 is 1.20 bits per heavy atom. The SMILES string of the molecule is Nc1cccc(-c2csc(NC(=O)c3cccs3)n2)c1. The molecule has 1 amide bonds. The second-order valence-electron chi connectivity index (χ2n) is 4.09. The van der Waals surface area contributed by atoms with Crippen LogP contribution in [0.1, 0.15) is 9.67 Å². The molecule has 2 heterocycles. The molecule has 6 heteroatoms. The highest BCUT2D eigenvalue weighted by atomic mass is 32.1. The van der Waals surface area contributed by atoms with E-state index < -0.39 is 0 Å². The first kappa shape index (κ1) is 12.8. The smallest absolute Gasteiger partial charge is 0.267 e. The molecule has 0 atom stereocenters. The molecule has 0 aliphatic carbocycles. The number of thiazole rings is 1. The van der Waals surface area contributed by atoms with E-state index in [0.717, 1.165) is 11.3 Å². The van der Waals surface area contributed by atoms with Crippen LogP contribution in [-0.2, 0) is 0 Å². The number of nitrogen functional groups attached to an aromatic ring is 1. The lowest BCUT2D eigenvalue weighted by molar-refractivity contribution is 0.103. The Labute approximate surface area is 123 Å². The molecule has 100 valence electrons. The Bertz CT molecular complexity index is 734. The van der Waals surface area contributed by atoms with E-state index in [1.807, 2.05) is 41.1 Å². The molecular formula is C14H11N3OS2. The van der Waals surface area contributed by atoms with Gasteiger partial charge in [0.1, 0.15) is 0 Å². The molecule has 2 aromatic heterocycles. The van der Waals surface area contributed by atoms with Crippen molar-refractivity contribution in [1.82, 2.24) is 4.98 Å². The number of anilines is 2. The Hall–Kier alpha value is -2.18. The van der Waals surface area contributed by atoms with E-state index in [4.69, 9.17) is 5.73 Å². The molecule has 0 bridgehead atoms. The number of thiophene rings is 1. The molecule has 4 nitrogen and oxygen atoms in total. The van der Waals surface area contributed by atoms with Gasteiger partial charge in [0.15, 0.2) is 5.13 Å². The lowest BCUT2D eigenvalue weighted by atomic mass is 10.1. The van der Waals surface area contributed by atoms with E-state index in [1.54, 1.807) is 6.07 Å². The molecule has 0 saturated heterocycles. The minimum Gasteiger partial charge on any atom is -0.399 e. The molecule has 0 aliphatic rings. The lowest BCUT2D eigenvalue weighted by Gasteiger charge is -1.99. The van der Waals surface area contributed by atoms with Crippen LogP contribution in [0.4, 0.5) is 10.8 Å². The zero-order valence-corrected chi connectivity index (χ0v) is 12.0. The predicted octanol–water partition coefficient (Wildman–Crippen LogP) is 3.71. The fourth-order valence-corrected chi connectivity index (χ4v) is 3.06. The van der Waals surface area contributed by atoms with E-state index in [-0.39, 0.29) is 5.91 Å². The Morgan fingerprint density at radius 2 is 2.10 bits per heavy atom. The Kier molecular flexibility index (Phi) is 3.49. The van der Waals surface area contributed by atoms with Crippen LogP contribution in [0.3, 0.4) is 0 Å². The average molecular weight is 301 g/mol. The molecule has 0 unspecified atom stereocenters. The van der Waals surface area contributed by atoms with Crippen molar-refractivity contribution in [2.24, 2.45) is 0 Å². The number of hydrogen-bond acceptors (Lipinski definition) is 5. The molecule has 0 aliphatic heterocycles. The van der Waals surface area contributed by atoms with Crippen molar-refractivity contribution in [2.75, 3.05) is 11.1 Å². The minimum absolute atomic E-state index is 0.131. The maximum Gasteiger partial charge on any atom is 0.267 e. The second-order valence-corrected chi connectivity index (χ2v) is 5.90. The highest BCUT2D eigenvalue weighted by Crippen LogP contribution is 2.26. The van der Waals surface area contributed by atoms with Crippen LogP contribution in [0.5, 0.6) is 0 Å². The monoisotopic (exact) mass is 301 g/mol. The predicted molar refractivity (Wildman–Crippen MR) is 84.2 cm³/mol. The van der Waals surface area contributed by atoms with Gasteiger partial charge in [0, 0.05) is 16.6 Å². The summed E-state index contributed by atoms with van der Waals surface area (Å²) in [5.41, 5.74) is 8.20. The summed E-state index contributed by atoms with van der Waals surface area (Å²) >= 11 is 2.80. The molecule has 20 heavy (non-hydrogen) atoms. The van der Waals surface area contributed by atoms with Gasteiger partial charge in [0.2, 0.25) is 0 Å². The van der Waals surface area contributed by atoms with Gasteiger partial charge in [-0.15, -0.1) is 22.7 Å². The number of benzene rings is 1. The number of nitrogens with zero attached hydrogens (tertiary/aromatic N) is 1. The van der Waals surface area contributed by atoms with Crippen molar-refractivity contribution in [3.05, 3.63) is 52.0 Å². The van der Waals surface area contributed by atoms with Crippen LogP contribution in [0.25, 0.3) is 11.3 Å². The van der Waals surface area contributed by atoms with Crippen LogP contribution in [0, 0.1) is 0 Å². The standard InChI is InChI=1S/C14H11N3OS2/c15-10-4-1-3-9(7-10)11-8-20-14(16-11)17-13(18)12-5-2-6-19-12/h1-8H,15H2,(H,16,17,18). The molecule has 3 N–H and O–H groups in total. The van der Waals surface area contributed by atoms with Crippen molar-refractivity contribution in [3.8, 4) is 11.3 Å². The quantitative estimate of drug-likeness (QED) is 0.725. The summed E-state index contributed by atoms with van der Waals surface area (Å²) < 4.78 is 0. The van der Waals surface area contributed by atoms with Crippen LogP contribution in [0.15, 0.2) is 47.2 Å². The third-order valence-corrected chi connectivity index (χ3v) is 4.28. The maximum atomic E-state index is 11.9. The summed E-state index contributed by atoms with van der Waals surface area (Å²) in [4.78, 5) is 17.0. The van der Waals surface area contributed by atoms with Crippen LogP contribution in [0.2, 0.25) is 0 Å². The van der Waals surface area contributed by atoms with E-state index in [0.29, 0.717) is 15.7 Å². The van der Waals surface area contributed by atoms with Crippen LogP contribution >= 0.6 is 22.7 Å². The first-order valence-corrected chi connectivity index (χ1v) is 7.64. The van der Waals surface area contributed by atoms with Gasteiger partial charge in [-0.25, -0.2) is 4.98 Å². The fraction of sp³-hybridized carbons (Fsp3) is 0. The van der Waals surface area contributed by atoms with Gasteiger partial charge in [-0.1, -0.05) is 18.2 Å². The lowest BCUT2D eigenvalue weighted by Crippen LogP contribution is -2.09. The first-order valence-electron chi connectivity index (χ1n) is 5.89. The van der Waals surface area contributed by atoms with Crippen molar-refractivity contribution < 1.29 is 4.79 Å². The van der Waals surface area contributed by atoms with Gasteiger partial charge in [-0.2, -0.15) is 0 Å². The minimum atomic E-state index is -0.131. The summed E-state index contributed by atoms with van der Waals surface area (Å²) in [6.45, 7) is 0. The van der Waals surface area contributed by atoms with Crippen LogP contribution < -0.4 is 11.1 Å². The second kappa shape index (κ2) is 5.44. The van der Waals surface area contributed by atoms with Crippen molar-refractivity contribution in [3.63, 3.8) is 0 Å². The number of carbonyl (C=O) groups excluding carboxylic acids is 1. The van der Waals surface area contributed by atoms with Gasteiger partial charge in [-0.3, -0.25) is 10.1 Å². The van der Waals surface area contributed by atoms with Crippen molar-refractivity contribution >= 4 is 39.4 Å².